The molecule has 6 heteroatoms. The fourth-order valence-corrected chi connectivity index (χ4v) is 3.66. The highest BCUT2D eigenvalue weighted by Crippen LogP contribution is 2.23. The number of hydrogen-bond acceptors (Lipinski definition) is 4. The van der Waals surface area contributed by atoms with Gasteiger partial charge in [0.05, 0.1) is 19.5 Å². The molecular formula is C19H24N4O2. The van der Waals surface area contributed by atoms with Crippen LogP contribution in [0.3, 0.4) is 0 Å². The number of rotatable bonds is 3. The molecule has 1 saturated heterocycles. The minimum Gasteiger partial charge on any atom is -0.378 e. The molecule has 1 amide bonds. The number of carbonyl (C=O) groups is 1. The zero-order chi connectivity index (χ0) is 17.2. The van der Waals surface area contributed by atoms with Crippen LogP contribution in [-0.2, 0) is 17.7 Å². The van der Waals surface area contributed by atoms with Crippen molar-refractivity contribution in [3.63, 3.8) is 0 Å². The van der Waals surface area contributed by atoms with Crippen LogP contribution >= 0.6 is 0 Å². The highest BCUT2D eigenvalue weighted by Gasteiger charge is 2.21. The highest BCUT2D eigenvalue weighted by atomic mass is 16.5. The third-order valence-electron chi connectivity index (χ3n) is 5.13. The average Bonchev–Trinajstić information content (AvgIpc) is 3.10. The Morgan fingerprint density at radius 1 is 1.28 bits per heavy atom. The maximum atomic E-state index is 12.7. The lowest BCUT2D eigenvalue weighted by molar-refractivity contribution is 0.0931. The number of ether oxygens (including phenoxy) is 1. The molecule has 1 aromatic carbocycles. The number of benzene rings is 1. The second kappa shape index (κ2) is 6.88. The summed E-state index contributed by atoms with van der Waals surface area (Å²) in [5.74, 6) is 0.00692. The minimum absolute atomic E-state index is 0.00692. The van der Waals surface area contributed by atoms with Crippen molar-refractivity contribution < 1.29 is 9.53 Å². The van der Waals surface area contributed by atoms with Crippen LogP contribution in [0.2, 0.25) is 0 Å². The van der Waals surface area contributed by atoms with E-state index in [-0.39, 0.29) is 11.9 Å². The van der Waals surface area contributed by atoms with Gasteiger partial charge in [0.15, 0.2) is 0 Å². The van der Waals surface area contributed by atoms with E-state index in [1.165, 1.54) is 11.3 Å². The lowest BCUT2D eigenvalue weighted by atomic mass is 10.0. The largest absolute Gasteiger partial charge is 0.378 e. The standard InChI is InChI=1S/C19H24N4O2/c1-14-2-3-15(10-18(14)22-6-8-25-9-7-22)19(24)21-16-4-5-23-13-20-12-17(23)11-16/h2-3,10,12-13,16H,4-9,11H2,1H3,(H,21,24). The van der Waals surface area contributed by atoms with Crippen molar-refractivity contribution in [3.05, 3.63) is 47.5 Å². The van der Waals surface area contributed by atoms with E-state index in [0.29, 0.717) is 0 Å². The zero-order valence-corrected chi connectivity index (χ0v) is 14.6. The van der Waals surface area contributed by atoms with Crippen LogP contribution in [0, 0.1) is 6.92 Å². The van der Waals surface area contributed by atoms with E-state index >= 15 is 0 Å². The number of amides is 1. The topological polar surface area (TPSA) is 59.4 Å². The maximum Gasteiger partial charge on any atom is 0.251 e. The van der Waals surface area contributed by atoms with Crippen molar-refractivity contribution in [1.82, 2.24) is 14.9 Å². The van der Waals surface area contributed by atoms with Crippen LogP contribution in [0.5, 0.6) is 0 Å². The molecule has 4 rings (SSSR count). The number of hydrogen-bond donors (Lipinski definition) is 1. The van der Waals surface area contributed by atoms with Crippen LogP contribution in [0.4, 0.5) is 5.69 Å². The predicted molar refractivity (Wildman–Crippen MR) is 96.0 cm³/mol. The molecule has 0 saturated carbocycles. The number of nitrogens with zero attached hydrogens (tertiary/aromatic N) is 3. The minimum atomic E-state index is 0.00692. The fraction of sp³-hybridized carbons (Fsp3) is 0.474. The highest BCUT2D eigenvalue weighted by molar-refractivity contribution is 5.95. The Bertz CT molecular complexity index is 765. The van der Waals surface area contributed by atoms with Gasteiger partial charge in [-0.1, -0.05) is 6.07 Å². The van der Waals surface area contributed by atoms with Crippen molar-refractivity contribution in [1.29, 1.82) is 0 Å². The molecule has 6 nitrogen and oxygen atoms in total. The van der Waals surface area contributed by atoms with Gasteiger partial charge in [0.25, 0.3) is 5.91 Å². The molecule has 1 unspecified atom stereocenters. The first-order valence-corrected chi connectivity index (χ1v) is 8.94. The third-order valence-corrected chi connectivity index (χ3v) is 5.13. The van der Waals surface area contributed by atoms with E-state index in [4.69, 9.17) is 4.74 Å². The molecule has 25 heavy (non-hydrogen) atoms. The van der Waals surface area contributed by atoms with Gasteiger partial charge in [0, 0.05) is 55.2 Å². The van der Waals surface area contributed by atoms with Gasteiger partial charge in [0.1, 0.15) is 0 Å². The van der Waals surface area contributed by atoms with Gasteiger partial charge < -0.3 is 19.5 Å². The van der Waals surface area contributed by atoms with E-state index in [9.17, 15) is 4.79 Å². The summed E-state index contributed by atoms with van der Waals surface area (Å²) in [6, 6.07) is 6.14. The molecular weight excluding hydrogens is 316 g/mol. The Morgan fingerprint density at radius 3 is 2.96 bits per heavy atom. The molecule has 1 atom stereocenters. The lowest BCUT2D eigenvalue weighted by Gasteiger charge is -2.30. The molecule has 132 valence electrons. The molecule has 0 radical (unpaired) electrons. The summed E-state index contributed by atoms with van der Waals surface area (Å²) < 4.78 is 7.59. The molecule has 0 bridgehead atoms. The van der Waals surface area contributed by atoms with Crippen LogP contribution in [0.25, 0.3) is 0 Å². The van der Waals surface area contributed by atoms with Crippen molar-refractivity contribution in [3.8, 4) is 0 Å². The Morgan fingerprint density at radius 2 is 2.12 bits per heavy atom. The molecule has 1 fully saturated rings. The van der Waals surface area contributed by atoms with Crippen molar-refractivity contribution in [2.75, 3.05) is 31.2 Å². The number of nitrogens with one attached hydrogen (secondary N) is 1. The molecule has 3 heterocycles. The summed E-state index contributed by atoms with van der Waals surface area (Å²) in [4.78, 5) is 19.2. The number of carbonyl (C=O) groups excluding carboxylic acids is 1. The number of imidazole rings is 1. The zero-order valence-electron chi connectivity index (χ0n) is 14.6. The van der Waals surface area contributed by atoms with E-state index < -0.39 is 0 Å². The van der Waals surface area contributed by atoms with Crippen molar-refractivity contribution in [2.45, 2.75) is 32.4 Å². The van der Waals surface area contributed by atoms with Crippen LogP contribution in [-0.4, -0.2) is 47.8 Å². The number of aromatic nitrogens is 2. The van der Waals surface area contributed by atoms with Gasteiger partial charge in [-0.25, -0.2) is 4.98 Å². The molecule has 2 aliphatic heterocycles. The molecule has 0 spiro atoms. The molecule has 2 aromatic rings. The summed E-state index contributed by atoms with van der Waals surface area (Å²) in [7, 11) is 0. The Labute approximate surface area is 147 Å². The normalized spacial score (nSPS) is 20.2. The number of fused-ring (bicyclic) bond motifs is 1. The fourth-order valence-electron chi connectivity index (χ4n) is 3.66. The monoisotopic (exact) mass is 340 g/mol. The molecule has 1 aromatic heterocycles. The molecule has 1 N–H and O–H groups in total. The van der Waals surface area contributed by atoms with E-state index in [2.05, 4.69) is 26.7 Å². The Hall–Kier alpha value is -2.34. The van der Waals surface area contributed by atoms with Crippen LogP contribution in [0.1, 0.15) is 28.0 Å². The summed E-state index contributed by atoms with van der Waals surface area (Å²) in [5, 5.41) is 3.19. The van der Waals surface area contributed by atoms with Crippen LogP contribution < -0.4 is 10.2 Å². The third kappa shape index (κ3) is 3.39. The van der Waals surface area contributed by atoms with Gasteiger partial charge in [-0.2, -0.15) is 0 Å². The first-order chi connectivity index (χ1) is 12.2. The molecule has 0 aliphatic carbocycles. The van der Waals surface area contributed by atoms with E-state index in [1.807, 2.05) is 30.7 Å². The number of aryl methyl sites for hydroxylation is 2. The first kappa shape index (κ1) is 16.1. The number of anilines is 1. The maximum absolute atomic E-state index is 12.7. The summed E-state index contributed by atoms with van der Waals surface area (Å²) in [6.07, 6.45) is 5.54. The summed E-state index contributed by atoms with van der Waals surface area (Å²) in [6.45, 7) is 6.23. The van der Waals surface area contributed by atoms with E-state index in [1.54, 1.807) is 0 Å². The SMILES string of the molecule is Cc1ccc(C(=O)NC2CCn3cncc3C2)cc1N1CCOCC1. The first-order valence-electron chi connectivity index (χ1n) is 8.94. The van der Waals surface area contributed by atoms with Gasteiger partial charge in [-0.15, -0.1) is 0 Å². The van der Waals surface area contributed by atoms with Gasteiger partial charge >= 0.3 is 0 Å². The predicted octanol–water partition coefficient (Wildman–Crippen LogP) is 1.77. The second-order valence-corrected chi connectivity index (χ2v) is 6.84. The Balaban J connectivity index is 1.47. The smallest absolute Gasteiger partial charge is 0.251 e. The molecule has 2 aliphatic rings. The van der Waals surface area contributed by atoms with Crippen molar-refractivity contribution in [2.24, 2.45) is 0 Å². The lowest BCUT2D eigenvalue weighted by Crippen LogP contribution is -2.40. The van der Waals surface area contributed by atoms with E-state index in [0.717, 1.165) is 56.9 Å². The van der Waals surface area contributed by atoms with Gasteiger partial charge in [0.2, 0.25) is 0 Å². The van der Waals surface area contributed by atoms with Gasteiger partial charge in [-0.3, -0.25) is 4.79 Å². The van der Waals surface area contributed by atoms with Gasteiger partial charge in [-0.05, 0) is 31.0 Å². The van der Waals surface area contributed by atoms with Crippen molar-refractivity contribution >= 4 is 11.6 Å². The summed E-state index contributed by atoms with van der Waals surface area (Å²) >= 11 is 0. The average molecular weight is 340 g/mol. The Kier molecular flexibility index (Phi) is 4.44. The second-order valence-electron chi connectivity index (χ2n) is 6.84. The summed E-state index contributed by atoms with van der Waals surface area (Å²) in [5.41, 5.74) is 4.25. The number of morpholine rings is 1. The quantitative estimate of drug-likeness (QED) is 0.925. The van der Waals surface area contributed by atoms with Crippen LogP contribution in [0.15, 0.2) is 30.7 Å².